The molecule has 1 fully saturated rings. The second-order valence-corrected chi connectivity index (χ2v) is 2.68. The Morgan fingerprint density at radius 3 is 2.08 bits per heavy atom. The molecule has 1 aliphatic rings. The van der Waals surface area contributed by atoms with E-state index < -0.39 is 27.1 Å². The summed E-state index contributed by atoms with van der Waals surface area (Å²) in [7, 11) is -3.78. The Balaban J connectivity index is 2.86. The van der Waals surface area contributed by atoms with Gasteiger partial charge in [-0.15, -0.1) is 0 Å². The Morgan fingerprint density at radius 1 is 1.17 bits per heavy atom. The number of hydrogen-bond acceptors (Lipinski definition) is 2. The molecule has 0 radical (unpaired) electrons. The van der Waals surface area contributed by atoms with Crippen LogP contribution in [0.3, 0.4) is 0 Å². The first-order valence-electron chi connectivity index (χ1n) is 2.49. The lowest BCUT2D eigenvalue weighted by molar-refractivity contribution is -0.370. The molecule has 1 rings (SSSR count). The fraction of sp³-hybridized carbons (Fsp3) is 1.00. The predicted octanol–water partition coefficient (Wildman–Crippen LogP) is 2.75. The average molecular weight is 214 g/mol. The van der Waals surface area contributed by atoms with Gasteiger partial charge >= 0.3 is 20.7 Å². The van der Waals surface area contributed by atoms with Crippen molar-refractivity contribution in [2.45, 2.75) is 18.4 Å². The van der Waals surface area contributed by atoms with E-state index >= 15 is 0 Å². The summed E-state index contributed by atoms with van der Waals surface area (Å²) in [6, 6.07) is 0. The van der Waals surface area contributed by atoms with Gasteiger partial charge in [0.15, 0.2) is 0 Å². The molecular formula is C3HF6O2P. The molecule has 2 unspecified atom stereocenters. The van der Waals surface area contributed by atoms with Gasteiger partial charge in [-0.05, 0) is 0 Å². The van der Waals surface area contributed by atoms with Crippen molar-refractivity contribution in [3.8, 4) is 0 Å². The van der Waals surface area contributed by atoms with E-state index in [1.54, 1.807) is 0 Å². The molecule has 0 saturated carbocycles. The summed E-state index contributed by atoms with van der Waals surface area (Å²) in [6.45, 7) is 0. The summed E-state index contributed by atoms with van der Waals surface area (Å²) in [6.07, 6.45) is -8.84. The minimum atomic E-state index is -5.16. The second-order valence-electron chi connectivity index (χ2n) is 1.87. The van der Waals surface area contributed by atoms with Crippen LogP contribution in [-0.4, -0.2) is 18.4 Å². The molecule has 12 heavy (non-hydrogen) atoms. The molecule has 0 bridgehead atoms. The van der Waals surface area contributed by atoms with Crippen LogP contribution in [0.1, 0.15) is 0 Å². The second kappa shape index (κ2) is 2.71. The molecule has 1 aliphatic heterocycles. The topological polar surface area (TPSA) is 18.5 Å². The van der Waals surface area contributed by atoms with Crippen LogP contribution >= 0.6 is 8.69 Å². The summed E-state index contributed by atoms with van der Waals surface area (Å²) < 4.78 is 77.7. The summed E-state index contributed by atoms with van der Waals surface area (Å²) in [5.41, 5.74) is 0. The minimum absolute atomic E-state index is 2.81. The maximum Gasteiger partial charge on any atom is 0.431 e. The smallest absolute Gasteiger partial charge is 0.266 e. The van der Waals surface area contributed by atoms with Crippen molar-refractivity contribution < 1.29 is 35.2 Å². The van der Waals surface area contributed by atoms with Crippen LogP contribution in [0.4, 0.5) is 26.1 Å². The summed E-state index contributed by atoms with van der Waals surface area (Å²) in [4.78, 5) is 0. The third-order valence-corrected chi connectivity index (χ3v) is 1.76. The van der Waals surface area contributed by atoms with E-state index in [9.17, 15) is 26.1 Å². The third kappa shape index (κ3) is 1.38. The Morgan fingerprint density at radius 2 is 1.67 bits per heavy atom. The van der Waals surface area contributed by atoms with Crippen molar-refractivity contribution in [3.05, 3.63) is 0 Å². The fourth-order valence-corrected chi connectivity index (χ4v) is 1.07. The molecular weight excluding hydrogens is 213 g/mol. The third-order valence-electron chi connectivity index (χ3n) is 1.03. The molecule has 1 heterocycles. The highest BCUT2D eigenvalue weighted by atomic mass is 31.2. The summed E-state index contributed by atoms with van der Waals surface area (Å²) >= 11 is 0. The first-order valence-corrected chi connectivity index (χ1v) is 3.56. The Kier molecular flexibility index (Phi) is 2.26. The van der Waals surface area contributed by atoms with Gasteiger partial charge in [0.25, 0.3) is 6.36 Å². The molecule has 0 aromatic carbocycles. The van der Waals surface area contributed by atoms with Crippen LogP contribution in [0.15, 0.2) is 0 Å². The summed E-state index contributed by atoms with van der Waals surface area (Å²) in [5.74, 6) is -5.15. The highest BCUT2D eigenvalue weighted by Gasteiger charge is 2.70. The van der Waals surface area contributed by atoms with E-state index in [1.165, 1.54) is 0 Å². The molecule has 9 heteroatoms. The lowest BCUT2D eigenvalue weighted by atomic mass is 10.3. The quantitative estimate of drug-likeness (QED) is 0.455. The maximum absolute atomic E-state index is 12.0. The highest BCUT2D eigenvalue weighted by molar-refractivity contribution is 7.41. The predicted molar refractivity (Wildman–Crippen MR) is 25.0 cm³/mol. The first-order chi connectivity index (χ1) is 5.27. The van der Waals surface area contributed by atoms with Crippen LogP contribution in [0, 0.1) is 0 Å². The zero-order valence-electron chi connectivity index (χ0n) is 5.11. The van der Waals surface area contributed by atoms with Crippen molar-refractivity contribution in [1.82, 2.24) is 0 Å². The normalized spacial score (nSPS) is 39.5. The van der Waals surface area contributed by atoms with E-state index in [1.807, 2.05) is 0 Å². The molecule has 1 saturated heterocycles. The van der Waals surface area contributed by atoms with E-state index in [2.05, 4.69) is 9.05 Å². The molecule has 0 aliphatic carbocycles. The van der Waals surface area contributed by atoms with Crippen LogP contribution in [0.25, 0.3) is 0 Å². The average Bonchev–Trinajstić information content (AvgIpc) is 1.82. The van der Waals surface area contributed by atoms with Gasteiger partial charge in [0, 0.05) is 0 Å². The molecule has 0 aromatic rings. The molecule has 0 N–H and O–H groups in total. The van der Waals surface area contributed by atoms with Crippen LogP contribution in [0.2, 0.25) is 0 Å². The number of hydrogen-bond donors (Lipinski definition) is 0. The first kappa shape index (κ1) is 10.0. The molecule has 2 atom stereocenters. The van der Waals surface area contributed by atoms with Crippen molar-refractivity contribution in [2.75, 3.05) is 0 Å². The molecule has 72 valence electrons. The van der Waals surface area contributed by atoms with Gasteiger partial charge in [0.2, 0.25) is 0 Å². The molecule has 2 nitrogen and oxygen atoms in total. The zero-order chi connectivity index (χ0) is 9.57. The lowest BCUT2D eigenvalue weighted by Crippen LogP contribution is -2.52. The van der Waals surface area contributed by atoms with Crippen LogP contribution in [-0.2, 0) is 9.05 Å². The monoisotopic (exact) mass is 214 g/mol. The van der Waals surface area contributed by atoms with Gasteiger partial charge < -0.3 is 0 Å². The Bertz CT molecular complexity index is 186. The van der Waals surface area contributed by atoms with E-state index in [-0.39, 0.29) is 0 Å². The maximum atomic E-state index is 12.0. The lowest BCUT2D eigenvalue weighted by Gasteiger charge is -2.32. The van der Waals surface area contributed by atoms with Gasteiger partial charge in [0.05, 0.1) is 0 Å². The zero-order valence-corrected chi connectivity index (χ0v) is 6.00. The van der Waals surface area contributed by atoms with Crippen molar-refractivity contribution in [3.63, 3.8) is 0 Å². The van der Waals surface area contributed by atoms with E-state index in [0.29, 0.717) is 0 Å². The highest BCUT2D eigenvalue weighted by Crippen LogP contribution is 2.58. The van der Waals surface area contributed by atoms with Gasteiger partial charge in [0.1, 0.15) is 0 Å². The molecule has 0 amide bonds. The SMILES string of the molecule is FC1OP(F)OC(F)(F)C1(F)F. The van der Waals surface area contributed by atoms with Gasteiger partial charge in [-0.1, -0.05) is 0 Å². The Labute approximate surface area is 63.5 Å². The standard InChI is InChI=1S/C3HF6O2P/c4-1-2(5,6)3(7,8)11-12(9)10-1/h1H. The number of halogens is 6. The van der Waals surface area contributed by atoms with E-state index in [0.717, 1.165) is 0 Å². The Hall–Kier alpha value is -0.0700. The van der Waals surface area contributed by atoms with Crippen LogP contribution in [0.5, 0.6) is 0 Å². The largest absolute Gasteiger partial charge is 0.431 e. The van der Waals surface area contributed by atoms with Gasteiger partial charge in [-0.3, -0.25) is 4.52 Å². The fourth-order valence-electron chi connectivity index (χ4n) is 0.444. The van der Waals surface area contributed by atoms with Crippen molar-refractivity contribution >= 4 is 8.69 Å². The molecule has 0 aromatic heterocycles. The summed E-state index contributed by atoms with van der Waals surface area (Å²) in [5, 5.41) is 0. The molecule has 0 spiro atoms. The van der Waals surface area contributed by atoms with Crippen molar-refractivity contribution in [1.29, 1.82) is 0 Å². The number of alkyl halides is 5. The van der Waals surface area contributed by atoms with Crippen molar-refractivity contribution in [2.24, 2.45) is 0 Å². The van der Waals surface area contributed by atoms with Gasteiger partial charge in [-0.25, -0.2) is 8.91 Å². The van der Waals surface area contributed by atoms with E-state index in [4.69, 9.17) is 0 Å². The van der Waals surface area contributed by atoms with Gasteiger partial charge in [-0.2, -0.15) is 21.8 Å². The van der Waals surface area contributed by atoms with Crippen LogP contribution < -0.4 is 0 Å². The minimum Gasteiger partial charge on any atom is -0.266 e. The number of rotatable bonds is 0.